The molecule has 96 valence electrons. The van der Waals surface area contributed by atoms with Gasteiger partial charge in [0.05, 0.1) is 12.3 Å². The van der Waals surface area contributed by atoms with E-state index in [0.29, 0.717) is 6.54 Å². The lowest BCUT2D eigenvalue weighted by Crippen LogP contribution is -2.42. The first-order valence-corrected chi connectivity index (χ1v) is 7.00. The predicted molar refractivity (Wildman–Crippen MR) is 67.0 cm³/mol. The Kier molecular flexibility index (Phi) is 5.41. The van der Waals surface area contributed by atoms with Crippen LogP contribution in [0.25, 0.3) is 0 Å². The molecule has 0 aromatic rings. The standard InChI is InChI=1S/C10H23N3O2S/c1-5-6-13(7-9(11)12)16(14,15)8-10(2,3)4/h5-8H2,1-4H3,(H3,11,12). The minimum absolute atomic E-state index is 0.00769. The number of hydrogen-bond donors (Lipinski definition) is 2. The van der Waals surface area contributed by atoms with Crippen molar-refractivity contribution in [1.29, 1.82) is 5.41 Å². The van der Waals surface area contributed by atoms with E-state index in [1.54, 1.807) is 0 Å². The van der Waals surface area contributed by atoms with Crippen LogP contribution in [0.2, 0.25) is 0 Å². The SMILES string of the molecule is CCCN(CC(=N)N)S(=O)(=O)CC(C)(C)C. The molecule has 16 heavy (non-hydrogen) atoms. The number of hydrogen-bond acceptors (Lipinski definition) is 3. The van der Waals surface area contributed by atoms with Crippen molar-refractivity contribution in [3.63, 3.8) is 0 Å². The van der Waals surface area contributed by atoms with Gasteiger partial charge in [0.1, 0.15) is 5.84 Å². The van der Waals surface area contributed by atoms with Crippen molar-refractivity contribution in [3.8, 4) is 0 Å². The van der Waals surface area contributed by atoms with E-state index < -0.39 is 10.0 Å². The van der Waals surface area contributed by atoms with Crippen molar-refractivity contribution in [3.05, 3.63) is 0 Å². The number of rotatable bonds is 6. The van der Waals surface area contributed by atoms with Gasteiger partial charge in [0.15, 0.2) is 0 Å². The van der Waals surface area contributed by atoms with E-state index in [1.807, 2.05) is 27.7 Å². The van der Waals surface area contributed by atoms with Crippen molar-refractivity contribution < 1.29 is 8.42 Å². The highest BCUT2D eigenvalue weighted by molar-refractivity contribution is 7.89. The third-order valence-electron chi connectivity index (χ3n) is 1.83. The van der Waals surface area contributed by atoms with Gasteiger partial charge in [-0.1, -0.05) is 27.7 Å². The topological polar surface area (TPSA) is 87.2 Å². The second-order valence-electron chi connectivity index (χ2n) is 5.18. The highest BCUT2D eigenvalue weighted by Crippen LogP contribution is 2.18. The average molecular weight is 249 g/mol. The van der Waals surface area contributed by atoms with Crippen LogP contribution >= 0.6 is 0 Å². The third kappa shape index (κ3) is 6.07. The van der Waals surface area contributed by atoms with Crippen LogP contribution in [-0.2, 0) is 10.0 Å². The van der Waals surface area contributed by atoms with Crippen molar-refractivity contribution in [2.45, 2.75) is 34.1 Å². The molecule has 0 aromatic heterocycles. The Hall–Kier alpha value is -0.620. The van der Waals surface area contributed by atoms with Crippen LogP contribution in [0.1, 0.15) is 34.1 Å². The number of nitrogens with zero attached hydrogens (tertiary/aromatic N) is 1. The molecule has 0 aromatic carbocycles. The molecule has 0 aliphatic carbocycles. The van der Waals surface area contributed by atoms with Crippen LogP contribution in [0.15, 0.2) is 0 Å². The predicted octanol–water partition coefficient (Wildman–Crippen LogP) is 1.01. The molecular weight excluding hydrogens is 226 g/mol. The average Bonchev–Trinajstić information content (AvgIpc) is 1.97. The van der Waals surface area contributed by atoms with E-state index in [-0.39, 0.29) is 23.5 Å². The third-order valence-corrected chi connectivity index (χ3v) is 4.16. The highest BCUT2D eigenvalue weighted by Gasteiger charge is 2.27. The normalized spacial score (nSPS) is 13.1. The van der Waals surface area contributed by atoms with Crippen LogP contribution in [0.4, 0.5) is 0 Å². The molecule has 0 saturated heterocycles. The molecule has 0 atom stereocenters. The molecule has 0 spiro atoms. The Bertz CT molecular complexity index is 330. The maximum Gasteiger partial charge on any atom is 0.215 e. The van der Waals surface area contributed by atoms with E-state index in [9.17, 15) is 8.42 Å². The van der Waals surface area contributed by atoms with Crippen molar-refractivity contribution in [2.75, 3.05) is 18.8 Å². The van der Waals surface area contributed by atoms with E-state index in [4.69, 9.17) is 11.1 Å². The molecule has 0 aliphatic heterocycles. The summed E-state index contributed by atoms with van der Waals surface area (Å²) in [6.45, 7) is 7.94. The van der Waals surface area contributed by atoms with Gasteiger partial charge < -0.3 is 5.73 Å². The van der Waals surface area contributed by atoms with Crippen molar-refractivity contribution >= 4 is 15.9 Å². The van der Waals surface area contributed by atoms with Crippen LogP contribution in [-0.4, -0.2) is 37.4 Å². The zero-order valence-corrected chi connectivity index (χ0v) is 11.4. The molecule has 5 nitrogen and oxygen atoms in total. The molecule has 0 radical (unpaired) electrons. The number of amidine groups is 1. The van der Waals surface area contributed by atoms with Crippen LogP contribution in [0, 0.1) is 10.8 Å². The monoisotopic (exact) mass is 249 g/mol. The number of nitrogens with two attached hydrogens (primary N) is 1. The quantitative estimate of drug-likeness (QED) is 0.544. The fourth-order valence-electron chi connectivity index (χ4n) is 1.39. The summed E-state index contributed by atoms with van der Waals surface area (Å²) in [7, 11) is -3.32. The molecule has 0 bridgehead atoms. The van der Waals surface area contributed by atoms with Gasteiger partial charge >= 0.3 is 0 Å². The molecule has 3 N–H and O–H groups in total. The molecule has 0 saturated carbocycles. The van der Waals surface area contributed by atoms with Crippen LogP contribution in [0.5, 0.6) is 0 Å². The van der Waals surface area contributed by atoms with Gasteiger partial charge in [-0.15, -0.1) is 0 Å². The van der Waals surface area contributed by atoms with E-state index in [0.717, 1.165) is 6.42 Å². The lowest BCUT2D eigenvalue weighted by molar-refractivity contribution is 0.411. The zero-order chi connectivity index (χ0) is 13.0. The van der Waals surface area contributed by atoms with E-state index >= 15 is 0 Å². The Balaban J connectivity index is 4.83. The van der Waals surface area contributed by atoms with Gasteiger partial charge in [-0.3, -0.25) is 5.41 Å². The first kappa shape index (κ1) is 15.4. The highest BCUT2D eigenvalue weighted by atomic mass is 32.2. The largest absolute Gasteiger partial charge is 0.387 e. The molecule has 0 heterocycles. The van der Waals surface area contributed by atoms with E-state index in [2.05, 4.69) is 0 Å². The maximum atomic E-state index is 12.0. The van der Waals surface area contributed by atoms with E-state index in [1.165, 1.54) is 4.31 Å². The molecule has 0 fully saturated rings. The zero-order valence-electron chi connectivity index (χ0n) is 10.6. The maximum absolute atomic E-state index is 12.0. The summed E-state index contributed by atoms with van der Waals surface area (Å²) in [4.78, 5) is 0. The minimum Gasteiger partial charge on any atom is -0.387 e. The van der Waals surface area contributed by atoms with Gasteiger partial charge in [0.25, 0.3) is 0 Å². The Morgan fingerprint density at radius 3 is 2.19 bits per heavy atom. The fourth-order valence-corrected chi connectivity index (χ4v) is 3.47. The Labute approximate surface area is 98.6 Å². The second kappa shape index (κ2) is 5.63. The molecule has 0 unspecified atom stereocenters. The Morgan fingerprint density at radius 2 is 1.88 bits per heavy atom. The first-order valence-electron chi connectivity index (χ1n) is 5.39. The summed E-state index contributed by atoms with van der Waals surface area (Å²) in [5.41, 5.74) is 4.97. The van der Waals surface area contributed by atoms with Crippen molar-refractivity contribution in [1.82, 2.24) is 4.31 Å². The van der Waals surface area contributed by atoms with Gasteiger partial charge in [0, 0.05) is 6.54 Å². The molecule has 6 heteroatoms. The summed E-state index contributed by atoms with van der Waals surface area (Å²) in [6.07, 6.45) is 0.719. The summed E-state index contributed by atoms with van der Waals surface area (Å²) in [5.74, 6) is -0.0428. The van der Waals surface area contributed by atoms with Gasteiger partial charge in [-0.05, 0) is 11.8 Å². The number of nitrogens with one attached hydrogen (secondary N) is 1. The summed E-state index contributed by atoms with van der Waals surface area (Å²) >= 11 is 0. The second-order valence-corrected chi connectivity index (χ2v) is 7.14. The fraction of sp³-hybridized carbons (Fsp3) is 0.900. The van der Waals surface area contributed by atoms with Crippen molar-refractivity contribution in [2.24, 2.45) is 11.1 Å². The van der Waals surface area contributed by atoms with Crippen LogP contribution in [0.3, 0.4) is 0 Å². The number of sulfonamides is 1. The smallest absolute Gasteiger partial charge is 0.215 e. The van der Waals surface area contributed by atoms with Gasteiger partial charge in [0.2, 0.25) is 10.0 Å². The lowest BCUT2D eigenvalue weighted by Gasteiger charge is -2.26. The summed E-state index contributed by atoms with van der Waals surface area (Å²) < 4.78 is 25.4. The summed E-state index contributed by atoms with van der Waals surface area (Å²) in [5, 5.41) is 7.19. The molecule has 0 amide bonds. The first-order chi connectivity index (χ1) is 7.08. The van der Waals surface area contributed by atoms with Gasteiger partial charge in [-0.25, -0.2) is 8.42 Å². The molecule has 0 rings (SSSR count). The van der Waals surface area contributed by atoms with Crippen LogP contribution < -0.4 is 5.73 Å². The molecular formula is C10H23N3O2S. The Morgan fingerprint density at radius 1 is 1.38 bits per heavy atom. The van der Waals surface area contributed by atoms with Gasteiger partial charge in [-0.2, -0.15) is 4.31 Å². The lowest BCUT2D eigenvalue weighted by atomic mass is 10.0. The molecule has 0 aliphatic rings. The minimum atomic E-state index is -3.32. The summed E-state index contributed by atoms with van der Waals surface area (Å²) in [6, 6.07) is 0.